The summed E-state index contributed by atoms with van der Waals surface area (Å²) in [6, 6.07) is 10.8. The smallest absolute Gasteiger partial charge is 0.253 e. The maximum Gasteiger partial charge on any atom is 0.253 e. The predicted molar refractivity (Wildman–Crippen MR) is 112 cm³/mol. The molecule has 0 saturated carbocycles. The van der Waals surface area contributed by atoms with Crippen molar-refractivity contribution >= 4 is 23.2 Å². The van der Waals surface area contributed by atoms with Crippen LogP contribution in [0, 0.1) is 6.92 Å². The number of nitrogens with one attached hydrogen (secondary N) is 2. The van der Waals surface area contributed by atoms with E-state index in [-0.39, 0.29) is 11.8 Å². The van der Waals surface area contributed by atoms with E-state index in [9.17, 15) is 9.59 Å². The van der Waals surface area contributed by atoms with Gasteiger partial charge in [0, 0.05) is 36.4 Å². The van der Waals surface area contributed by atoms with Gasteiger partial charge in [-0.05, 0) is 56.5 Å². The molecule has 1 aliphatic heterocycles. The molecule has 2 aromatic rings. The van der Waals surface area contributed by atoms with Gasteiger partial charge in [-0.3, -0.25) is 14.6 Å². The standard InChI is InChI=1S/C22H28N4O2/c1-3-7-20(25-21(27)17-11-10-16(2)23-15-17)22(28)24-18-8-6-9-19(14-18)26-12-4-5-13-26/h6,8-11,14-15,20H,3-5,7,12-13H2,1-2H3,(H,24,28)(H,25,27). The van der Waals surface area contributed by atoms with Crippen LogP contribution in [0.25, 0.3) is 0 Å². The van der Waals surface area contributed by atoms with Crippen LogP contribution in [0.1, 0.15) is 48.7 Å². The van der Waals surface area contributed by atoms with Crippen molar-refractivity contribution in [1.29, 1.82) is 0 Å². The number of benzene rings is 1. The highest BCUT2D eigenvalue weighted by molar-refractivity contribution is 6.01. The highest BCUT2D eigenvalue weighted by atomic mass is 16.2. The fourth-order valence-electron chi connectivity index (χ4n) is 3.39. The lowest BCUT2D eigenvalue weighted by molar-refractivity contribution is -0.118. The number of hydrogen-bond acceptors (Lipinski definition) is 4. The predicted octanol–water partition coefficient (Wildman–Crippen LogP) is 3.53. The Morgan fingerprint density at radius 3 is 2.64 bits per heavy atom. The molecule has 1 fully saturated rings. The van der Waals surface area contributed by atoms with E-state index in [4.69, 9.17) is 0 Å². The summed E-state index contributed by atoms with van der Waals surface area (Å²) >= 11 is 0. The summed E-state index contributed by atoms with van der Waals surface area (Å²) in [5, 5.41) is 5.80. The van der Waals surface area contributed by atoms with Crippen molar-refractivity contribution in [2.45, 2.75) is 45.6 Å². The van der Waals surface area contributed by atoms with Gasteiger partial charge >= 0.3 is 0 Å². The van der Waals surface area contributed by atoms with Gasteiger partial charge in [-0.25, -0.2) is 0 Å². The number of pyridine rings is 1. The molecular weight excluding hydrogens is 352 g/mol. The molecule has 3 rings (SSSR count). The largest absolute Gasteiger partial charge is 0.371 e. The molecule has 1 saturated heterocycles. The van der Waals surface area contributed by atoms with E-state index in [0.717, 1.165) is 36.6 Å². The van der Waals surface area contributed by atoms with E-state index in [1.807, 2.05) is 32.0 Å². The van der Waals surface area contributed by atoms with Gasteiger partial charge in [-0.2, -0.15) is 0 Å². The second-order valence-corrected chi connectivity index (χ2v) is 7.24. The summed E-state index contributed by atoms with van der Waals surface area (Å²) in [6.45, 7) is 5.96. The molecule has 2 amide bonds. The van der Waals surface area contributed by atoms with Crippen LogP contribution in [0.15, 0.2) is 42.6 Å². The molecule has 1 atom stereocenters. The van der Waals surface area contributed by atoms with E-state index < -0.39 is 6.04 Å². The normalized spacial score (nSPS) is 14.6. The Morgan fingerprint density at radius 1 is 1.18 bits per heavy atom. The Labute approximate surface area is 166 Å². The maximum absolute atomic E-state index is 12.8. The first kappa shape index (κ1) is 19.9. The summed E-state index contributed by atoms with van der Waals surface area (Å²) < 4.78 is 0. The number of aryl methyl sites for hydroxylation is 1. The fourth-order valence-corrected chi connectivity index (χ4v) is 3.39. The molecule has 1 aromatic carbocycles. The first-order valence-corrected chi connectivity index (χ1v) is 9.96. The third-order valence-corrected chi connectivity index (χ3v) is 4.96. The molecule has 6 nitrogen and oxygen atoms in total. The molecular formula is C22H28N4O2. The van der Waals surface area contributed by atoms with Crippen LogP contribution >= 0.6 is 0 Å². The highest BCUT2D eigenvalue weighted by Gasteiger charge is 2.21. The number of carbonyl (C=O) groups excluding carboxylic acids is 2. The fraction of sp³-hybridized carbons (Fsp3) is 0.409. The average molecular weight is 380 g/mol. The lowest BCUT2D eigenvalue weighted by atomic mass is 10.1. The van der Waals surface area contributed by atoms with Gasteiger partial charge in [0.15, 0.2) is 0 Å². The Bertz CT molecular complexity index is 814. The van der Waals surface area contributed by atoms with Crippen molar-refractivity contribution in [3.8, 4) is 0 Å². The van der Waals surface area contributed by atoms with Crippen LogP contribution in [-0.4, -0.2) is 35.9 Å². The SMILES string of the molecule is CCCC(NC(=O)c1ccc(C)nc1)C(=O)Nc1cccc(N2CCCC2)c1. The first-order valence-electron chi connectivity index (χ1n) is 9.96. The quantitative estimate of drug-likeness (QED) is 0.771. The van der Waals surface area contributed by atoms with Crippen LogP contribution < -0.4 is 15.5 Å². The summed E-state index contributed by atoms with van der Waals surface area (Å²) in [5.41, 5.74) is 3.17. The minimum absolute atomic E-state index is 0.200. The number of rotatable bonds is 7. The van der Waals surface area contributed by atoms with Crippen LogP contribution in [0.2, 0.25) is 0 Å². The van der Waals surface area contributed by atoms with E-state index in [1.54, 1.807) is 12.1 Å². The van der Waals surface area contributed by atoms with Crippen LogP contribution in [0.4, 0.5) is 11.4 Å². The summed E-state index contributed by atoms with van der Waals surface area (Å²) in [6.07, 6.45) is 5.30. The number of nitrogens with zero attached hydrogens (tertiary/aromatic N) is 2. The number of carbonyl (C=O) groups is 2. The lowest BCUT2D eigenvalue weighted by Gasteiger charge is -2.20. The van der Waals surface area contributed by atoms with Crippen LogP contribution in [0.5, 0.6) is 0 Å². The zero-order valence-electron chi connectivity index (χ0n) is 16.6. The Kier molecular flexibility index (Phi) is 6.63. The van der Waals surface area contributed by atoms with Gasteiger partial charge in [0.05, 0.1) is 5.56 Å². The lowest BCUT2D eigenvalue weighted by Crippen LogP contribution is -2.43. The second-order valence-electron chi connectivity index (χ2n) is 7.24. The molecule has 0 spiro atoms. The number of amides is 2. The van der Waals surface area contributed by atoms with Gasteiger partial charge in [0.25, 0.3) is 5.91 Å². The molecule has 2 heterocycles. The topological polar surface area (TPSA) is 74.3 Å². The monoisotopic (exact) mass is 380 g/mol. The van der Waals surface area contributed by atoms with E-state index in [1.165, 1.54) is 19.0 Å². The average Bonchev–Trinajstić information content (AvgIpc) is 3.23. The van der Waals surface area contributed by atoms with Crippen molar-refractivity contribution in [3.05, 3.63) is 53.9 Å². The van der Waals surface area contributed by atoms with Crippen molar-refractivity contribution in [2.75, 3.05) is 23.3 Å². The summed E-state index contributed by atoms with van der Waals surface area (Å²) in [4.78, 5) is 31.8. The van der Waals surface area contributed by atoms with E-state index in [2.05, 4.69) is 26.6 Å². The van der Waals surface area contributed by atoms with E-state index >= 15 is 0 Å². The third kappa shape index (κ3) is 5.09. The Balaban J connectivity index is 1.66. The van der Waals surface area contributed by atoms with Crippen molar-refractivity contribution < 1.29 is 9.59 Å². The number of aromatic nitrogens is 1. The van der Waals surface area contributed by atoms with Gasteiger partial charge in [0.2, 0.25) is 5.91 Å². The molecule has 28 heavy (non-hydrogen) atoms. The molecule has 0 bridgehead atoms. The molecule has 1 aromatic heterocycles. The highest BCUT2D eigenvalue weighted by Crippen LogP contribution is 2.23. The minimum atomic E-state index is -0.589. The zero-order valence-corrected chi connectivity index (χ0v) is 16.6. The van der Waals surface area contributed by atoms with Gasteiger partial charge in [0.1, 0.15) is 6.04 Å². The molecule has 1 aliphatic rings. The zero-order chi connectivity index (χ0) is 19.9. The minimum Gasteiger partial charge on any atom is -0.371 e. The second kappa shape index (κ2) is 9.35. The van der Waals surface area contributed by atoms with Crippen molar-refractivity contribution in [2.24, 2.45) is 0 Å². The summed E-state index contributed by atoms with van der Waals surface area (Å²) in [7, 11) is 0. The molecule has 0 radical (unpaired) electrons. The maximum atomic E-state index is 12.8. The summed E-state index contributed by atoms with van der Waals surface area (Å²) in [5.74, 6) is -0.485. The van der Waals surface area contributed by atoms with Crippen LogP contribution in [0.3, 0.4) is 0 Å². The molecule has 0 aliphatic carbocycles. The number of hydrogen-bond donors (Lipinski definition) is 2. The van der Waals surface area contributed by atoms with E-state index in [0.29, 0.717) is 12.0 Å². The van der Waals surface area contributed by atoms with Crippen molar-refractivity contribution in [1.82, 2.24) is 10.3 Å². The Hall–Kier alpha value is -2.89. The van der Waals surface area contributed by atoms with Gasteiger partial charge in [-0.15, -0.1) is 0 Å². The first-order chi connectivity index (χ1) is 13.6. The van der Waals surface area contributed by atoms with Gasteiger partial charge in [-0.1, -0.05) is 19.4 Å². The van der Waals surface area contributed by atoms with Gasteiger partial charge < -0.3 is 15.5 Å². The molecule has 6 heteroatoms. The third-order valence-electron chi connectivity index (χ3n) is 4.96. The molecule has 2 N–H and O–H groups in total. The molecule has 148 valence electrons. The van der Waals surface area contributed by atoms with Crippen LogP contribution in [-0.2, 0) is 4.79 Å². The molecule has 1 unspecified atom stereocenters. The Morgan fingerprint density at radius 2 is 1.96 bits per heavy atom. The van der Waals surface area contributed by atoms with Crippen molar-refractivity contribution in [3.63, 3.8) is 0 Å². The number of anilines is 2.